The molecule has 2 bridgehead atoms. The Bertz CT molecular complexity index is 742. The zero-order valence-corrected chi connectivity index (χ0v) is 15.7. The van der Waals surface area contributed by atoms with Gasteiger partial charge < -0.3 is 0 Å². The number of hydrogen-bond donors (Lipinski definition) is 1. The van der Waals surface area contributed by atoms with Crippen molar-refractivity contribution in [1.29, 1.82) is 0 Å². The van der Waals surface area contributed by atoms with Gasteiger partial charge in [-0.2, -0.15) is 0 Å². The zero-order valence-electron chi connectivity index (χ0n) is 14.1. The highest BCUT2D eigenvalue weighted by Gasteiger charge is 2.65. The summed E-state index contributed by atoms with van der Waals surface area (Å²) >= 11 is 5.85. The van der Waals surface area contributed by atoms with E-state index in [1.165, 1.54) is 0 Å². The van der Waals surface area contributed by atoms with Gasteiger partial charge in [-0.05, 0) is 48.3 Å². The third-order valence-electron chi connectivity index (χ3n) is 6.22. The number of fused-ring (bicyclic) bond motifs is 2. The molecule has 2 saturated carbocycles. The first-order chi connectivity index (χ1) is 11.2. The van der Waals surface area contributed by atoms with Crippen LogP contribution in [0, 0.1) is 16.7 Å². The number of benzene rings is 1. The van der Waals surface area contributed by atoms with Crippen molar-refractivity contribution in [2.24, 2.45) is 16.7 Å². The molecule has 0 heterocycles. The molecule has 1 N–H and O–H groups in total. The maximum Gasteiger partial charge on any atom is 0.212 e. The molecule has 0 aromatic heterocycles. The molecule has 0 saturated heterocycles. The molecule has 0 unspecified atom stereocenters. The van der Waals surface area contributed by atoms with Gasteiger partial charge in [0.25, 0.3) is 0 Å². The van der Waals surface area contributed by atoms with E-state index < -0.39 is 15.4 Å². The van der Waals surface area contributed by atoms with E-state index in [0.717, 1.165) is 12.0 Å². The second-order valence-electron chi connectivity index (χ2n) is 7.70. The van der Waals surface area contributed by atoms with E-state index in [0.29, 0.717) is 36.7 Å². The number of hydrogen-bond acceptors (Lipinski definition) is 3. The lowest BCUT2D eigenvalue weighted by molar-refractivity contribution is -0.128. The van der Waals surface area contributed by atoms with Gasteiger partial charge in [0.15, 0.2) is 0 Å². The van der Waals surface area contributed by atoms with Crippen molar-refractivity contribution >= 4 is 27.4 Å². The van der Waals surface area contributed by atoms with E-state index in [9.17, 15) is 13.2 Å². The van der Waals surface area contributed by atoms with Crippen molar-refractivity contribution in [3.8, 4) is 0 Å². The summed E-state index contributed by atoms with van der Waals surface area (Å²) in [5, 5.41) is 0.663. The second-order valence-corrected chi connectivity index (χ2v) is 9.94. The molecule has 1 aromatic rings. The van der Waals surface area contributed by atoms with Crippen LogP contribution in [0.25, 0.3) is 0 Å². The summed E-state index contributed by atoms with van der Waals surface area (Å²) in [4.78, 5) is 12.5. The summed E-state index contributed by atoms with van der Waals surface area (Å²) in [6.45, 7) is 4.44. The Hall–Kier alpha value is -0.910. The number of ketones is 1. The summed E-state index contributed by atoms with van der Waals surface area (Å²) in [5.74, 6) is 0.379. The molecule has 2 fully saturated rings. The van der Waals surface area contributed by atoms with Gasteiger partial charge in [-0.25, -0.2) is 13.1 Å². The van der Waals surface area contributed by atoms with Crippen LogP contribution in [-0.4, -0.2) is 26.5 Å². The van der Waals surface area contributed by atoms with E-state index in [4.69, 9.17) is 11.6 Å². The highest BCUT2D eigenvalue weighted by atomic mass is 35.5. The number of sulfonamides is 1. The third kappa shape index (κ3) is 3.02. The van der Waals surface area contributed by atoms with Crippen LogP contribution in [0.3, 0.4) is 0 Å². The van der Waals surface area contributed by atoms with Crippen molar-refractivity contribution in [3.63, 3.8) is 0 Å². The molecular weight excluding hydrogens is 346 g/mol. The first kappa shape index (κ1) is 17.9. The van der Waals surface area contributed by atoms with E-state index >= 15 is 0 Å². The van der Waals surface area contributed by atoms with Crippen molar-refractivity contribution in [1.82, 2.24) is 4.72 Å². The molecular formula is C18H24ClNO3S. The molecule has 0 spiro atoms. The van der Waals surface area contributed by atoms with Gasteiger partial charge in [0, 0.05) is 23.4 Å². The van der Waals surface area contributed by atoms with Crippen LogP contribution in [0.15, 0.2) is 24.3 Å². The highest BCUT2D eigenvalue weighted by molar-refractivity contribution is 7.89. The number of carbonyl (C=O) groups is 1. The first-order valence-corrected chi connectivity index (χ1v) is 10.4. The van der Waals surface area contributed by atoms with Gasteiger partial charge in [-0.15, -0.1) is 0 Å². The fourth-order valence-electron chi connectivity index (χ4n) is 4.49. The van der Waals surface area contributed by atoms with Gasteiger partial charge in [0.1, 0.15) is 5.78 Å². The van der Waals surface area contributed by atoms with Crippen LogP contribution in [0.5, 0.6) is 0 Å². The molecule has 2 aliphatic rings. The largest absolute Gasteiger partial charge is 0.299 e. The van der Waals surface area contributed by atoms with Crippen LogP contribution < -0.4 is 4.72 Å². The van der Waals surface area contributed by atoms with Crippen LogP contribution in [-0.2, 0) is 21.2 Å². The molecule has 132 valence electrons. The number of carbonyl (C=O) groups excluding carboxylic acids is 1. The summed E-state index contributed by atoms with van der Waals surface area (Å²) < 4.78 is 27.8. The van der Waals surface area contributed by atoms with Crippen molar-refractivity contribution in [2.75, 3.05) is 12.3 Å². The van der Waals surface area contributed by atoms with Crippen LogP contribution in [0.4, 0.5) is 0 Å². The maximum absolute atomic E-state index is 12.6. The van der Waals surface area contributed by atoms with Crippen molar-refractivity contribution in [3.05, 3.63) is 34.9 Å². The molecule has 3 rings (SSSR count). The fraction of sp³-hybridized carbons (Fsp3) is 0.611. The molecule has 2 aliphatic carbocycles. The Labute approximate surface area is 149 Å². The lowest BCUT2D eigenvalue weighted by Crippen LogP contribution is -2.45. The number of halogens is 1. The lowest BCUT2D eigenvalue weighted by Gasteiger charge is -2.36. The Morgan fingerprint density at radius 2 is 1.92 bits per heavy atom. The average molecular weight is 370 g/mol. The van der Waals surface area contributed by atoms with E-state index in [1.807, 2.05) is 12.1 Å². The molecule has 0 amide bonds. The third-order valence-corrected chi connectivity index (χ3v) is 7.99. The normalized spacial score (nSPS) is 28.5. The lowest BCUT2D eigenvalue weighted by atomic mass is 9.70. The molecule has 6 heteroatoms. The smallest absolute Gasteiger partial charge is 0.212 e. The fourth-order valence-corrected chi connectivity index (χ4v) is 6.45. The van der Waals surface area contributed by atoms with Gasteiger partial charge in [0.2, 0.25) is 10.0 Å². The van der Waals surface area contributed by atoms with Crippen LogP contribution in [0.2, 0.25) is 5.02 Å². The summed E-state index contributed by atoms with van der Waals surface area (Å²) in [7, 11) is -3.49. The quantitative estimate of drug-likeness (QED) is 0.837. The number of nitrogens with one attached hydrogen (secondary N) is 1. The average Bonchev–Trinajstić information content (AvgIpc) is 2.83. The maximum atomic E-state index is 12.6. The highest BCUT2D eigenvalue weighted by Crippen LogP contribution is 2.64. The van der Waals surface area contributed by atoms with E-state index in [1.54, 1.807) is 12.1 Å². The predicted molar refractivity (Wildman–Crippen MR) is 95.5 cm³/mol. The van der Waals surface area contributed by atoms with E-state index in [-0.39, 0.29) is 17.0 Å². The second kappa shape index (κ2) is 6.11. The van der Waals surface area contributed by atoms with Crippen molar-refractivity contribution < 1.29 is 13.2 Å². The van der Waals surface area contributed by atoms with Crippen LogP contribution in [0.1, 0.15) is 38.7 Å². The Balaban J connectivity index is 1.64. The molecule has 1 aromatic carbocycles. The Morgan fingerprint density at radius 1 is 1.25 bits per heavy atom. The number of Topliss-reactive ketones (excluding diaryl/α,β-unsaturated/α-hetero) is 1. The van der Waals surface area contributed by atoms with Gasteiger partial charge in [0.05, 0.1) is 5.75 Å². The minimum atomic E-state index is -3.49. The molecule has 4 nitrogen and oxygen atoms in total. The minimum Gasteiger partial charge on any atom is -0.299 e. The summed E-state index contributed by atoms with van der Waals surface area (Å²) in [6, 6.07) is 7.37. The zero-order chi connectivity index (χ0) is 17.6. The van der Waals surface area contributed by atoms with E-state index in [2.05, 4.69) is 18.6 Å². The SMILES string of the molecule is CC1(C)[C@@H]2CC[C@@]1(CS(=O)(=O)NCCc1ccc(Cl)cc1)C(=O)C2. The van der Waals surface area contributed by atoms with Gasteiger partial charge >= 0.3 is 0 Å². The summed E-state index contributed by atoms with van der Waals surface area (Å²) in [5.41, 5.74) is 0.0946. The molecule has 2 atom stereocenters. The Kier molecular flexibility index (Phi) is 4.56. The molecule has 24 heavy (non-hydrogen) atoms. The standard InChI is InChI=1S/C18H24ClNO3S/c1-17(2)14-7-9-18(17,16(21)11-14)12-24(22,23)20-10-8-13-3-5-15(19)6-4-13/h3-6,14,20H,7-12H2,1-2H3/t14-,18-/m1/s1. The van der Waals surface area contributed by atoms with Gasteiger partial charge in [-0.1, -0.05) is 37.6 Å². The predicted octanol–water partition coefficient (Wildman–Crippen LogP) is 3.20. The van der Waals surface area contributed by atoms with Crippen molar-refractivity contribution in [2.45, 2.75) is 39.5 Å². The Morgan fingerprint density at radius 3 is 2.46 bits per heavy atom. The molecule has 0 radical (unpaired) electrons. The van der Waals surface area contributed by atoms with Gasteiger partial charge in [-0.3, -0.25) is 4.79 Å². The minimum absolute atomic E-state index is 0.0804. The first-order valence-electron chi connectivity index (χ1n) is 8.41. The number of rotatable bonds is 6. The topological polar surface area (TPSA) is 63.2 Å². The van der Waals surface area contributed by atoms with Crippen LogP contribution >= 0.6 is 11.6 Å². The summed E-state index contributed by atoms with van der Waals surface area (Å²) in [6.07, 6.45) is 2.79. The molecule has 0 aliphatic heterocycles. The monoisotopic (exact) mass is 369 g/mol.